The summed E-state index contributed by atoms with van der Waals surface area (Å²) in [7, 11) is 0. The highest BCUT2D eigenvalue weighted by Crippen LogP contribution is 2.21. The minimum Gasteiger partial charge on any atom is -0.481 e. The molecule has 6 heteroatoms. The molecule has 0 saturated carbocycles. The quantitative estimate of drug-likeness (QED) is 0.831. The van der Waals surface area contributed by atoms with Gasteiger partial charge in [0.15, 0.2) is 11.6 Å². The number of hydrogen-bond acceptors (Lipinski definition) is 2. The molecule has 0 radical (unpaired) electrons. The summed E-state index contributed by atoms with van der Waals surface area (Å²) in [6, 6.07) is 9.44. The number of carbonyl (C=O) groups is 1. The van der Waals surface area contributed by atoms with Crippen molar-refractivity contribution in [3.05, 3.63) is 65.5 Å². The topological polar surface area (TPSA) is 49.3 Å². The monoisotopic (exact) mass is 295 g/mol. The van der Waals surface area contributed by atoms with Gasteiger partial charge in [0.1, 0.15) is 5.82 Å². The van der Waals surface area contributed by atoms with E-state index in [1.807, 2.05) is 0 Å². The normalized spacial score (nSPS) is 12.0. The summed E-state index contributed by atoms with van der Waals surface area (Å²) in [4.78, 5) is 11.3. The largest absolute Gasteiger partial charge is 0.481 e. The lowest BCUT2D eigenvalue weighted by Gasteiger charge is -2.15. The summed E-state index contributed by atoms with van der Waals surface area (Å²) in [5, 5.41) is 11.7. The lowest BCUT2D eigenvalue weighted by Crippen LogP contribution is -2.21. The Hall–Kier alpha value is -2.50. The average molecular weight is 295 g/mol. The molecule has 0 saturated heterocycles. The second-order valence-corrected chi connectivity index (χ2v) is 4.43. The van der Waals surface area contributed by atoms with Crippen LogP contribution in [0.1, 0.15) is 11.5 Å². The van der Waals surface area contributed by atoms with Gasteiger partial charge in [-0.15, -0.1) is 0 Å². The molecular weight excluding hydrogens is 283 g/mol. The Morgan fingerprint density at radius 1 is 1.05 bits per heavy atom. The van der Waals surface area contributed by atoms with Crippen LogP contribution in [0.3, 0.4) is 0 Å². The Bertz CT molecular complexity index is 647. The number of hydrogen-bond donors (Lipinski definition) is 2. The number of nitrogens with one attached hydrogen (secondary N) is 1. The zero-order valence-corrected chi connectivity index (χ0v) is 10.8. The van der Waals surface area contributed by atoms with Gasteiger partial charge < -0.3 is 10.4 Å². The van der Waals surface area contributed by atoms with Crippen molar-refractivity contribution in [2.24, 2.45) is 0 Å². The first kappa shape index (κ1) is 14.9. The van der Waals surface area contributed by atoms with Crippen molar-refractivity contribution < 1.29 is 23.1 Å². The second kappa shape index (κ2) is 6.30. The van der Waals surface area contributed by atoms with Crippen LogP contribution in [0.25, 0.3) is 0 Å². The Kier molecular flexibility index (Phi) is 4.47. The molecule has 1 unspecified atom stereocenters. The standard InChI is InChI=1S/C15H12F3NO2/c16-11-6-13(18)14(7-12(11)17)19-8-10(15(20)21)9-4-2-1-3-5-9/h1-7,10,19H,8H2,(H,20,21). The van der Waals surface area contributed by atoms with Gasteiger partial charge in [0, 0.05) is 18.7 Å². The van der Waals surface area contributed by atoms with Gasteiger partial charge in [0.2, 0.25) is 0 Å². The molecule has 1 atom stereocenters. The van der Waals surface area contributed by atoms with Crippen molar-refractivity contribution in [1.29, 1.82) is 0 Å². The number of carboxylic acid groups (broad SMARTS) is 1. The van der Waals surface area contributed by atoms with E-state index >= 15 is 0 Å². The Balaban J connectivity index is 2.17. The van der Waals surface area contributed by atoms with Crippen LogP contribution in [-0.2, 0) is 4.79 Å². The van der Waals surface area contributed by atoms with Crippen LogP contribution in [0, 0.1) is 17.5 Å². The maximum atomic E-state index is 13.5. The lowest BCUT2D eigenvalue weighted by atomic mass is 9.99. The molecule has 2 rings (SSSR count). The van der Waals surface area contributed by atoms with Crippen molar-refractivity contribution in [1.82, 2.24) is 0 Å². The third-order valence-electron chi connectivity index (χ3n) is 3.01. The van der Waals surface area contributed by atoms with Crippen molar-refractivity contribution >= 4 is 11.7 Å². The third kappa shape index (κ3) is 3.53. The summed E-state index contributed by atoms with van der Waals surface area (Å²) in [6.07, 6.45) is 0. The number of rotatable bonds is 5. The number of anilines is 1. The van der Waals surface area contributed by atoms with Gasteiger partial charge in [-0.05, 0) is 5.56 Å². The minimum absolute atomic E-state index is 0.151. The van der Waals surface area contributed by atoms with Crippen LogP contribution in [0.15, 0.2) is 42.5 Å². The fourth-order valence-electron chi connectivity index (χ4n) is 1.90. The van der Waals surface area contributed by atoms with E-state index in [0.29, 0.717) is 17.7 Å². The predicted octanol–water partition coefficient (Wildman–Crippen LogP) is 3.38. The zero-order chi connectivity index (χ0) is 15.4. The van der Waals surface area contributed by atoms with Gasteiger partial charge in [0.25, 0.3) is 0 Å². The minimum atomic E-state index is -1.30. The van der Waals surface area contributed by atoms with E-state index < -0.39 is 29.3 Å². The molecule has 0 aromatic heterocycles. The fourth-order valence-corrected chi connectivity index (χ4v) is 1.90. The van der Waals surface area contributed by atoms with Crippen molar-refractivity contribution in [2.45, 2.75) is 5.92 Å². The number of benzene rings is 2. The van der Waals surface area contributed by atoms with E-state index in [9.17, 15) is 23.1 Å². The van der Waals surface area contributed by atoms with E-state index in [4.69, 9.17) is 0 Å². The van der Waals surface area contributed by atoms with Gasteiger partial charge in [-0.1, -0.05) is 30.3 Å². The molecule has 21 heavy (non-hydrogen) atoms. The summed E-state index contributed by atoms with van der Waals surface area (Å²) in [5.74, 6) is -5.51. The summed E-state index contributed by atoms with van der Waals surface area (Å²) >= 11 is 0. The molecule has 0 heterocycles. The van der Waals surface area contributed by atoms with Crippen LogP contribution >= 0.6 is 0 Å². The average Bonchev–Trinajstić information content (AvgIpc) is 2.45. The maximum absolute atomic E-state index is 13.5. The fraction of sp³-hybridized carbons (Fsp3) is 0.133. The molecule has 0 aliphatic rings. The highest BCUT2D eigenvalue weighted by Gasteiger charge is 2.20. The first-order valence-electron chi connectivity index (χ1n) is 6.15. The molecule has 0 aliphatic carbocycles. The molecule has 110 valence electrons. The maximum Gasteiger partial charge on any atom is 0.312 e. The van der Waals surface area contributed by atoms with E-state index in [0.717, 1.165) is 0 Å². The predicted molar refractivity (Wildman–Crippen MR) is 71.6 cm³/mol. The first-order valence-corrected chi connectivity index (χ1v) is 6.15. The van der Waals surface area contributed by atoms with Gasteiger partial charge >= 0.3 is 5.97 Å². The molecule has 3 nitrogen and oxygen atoms in total. The summed E-state index contributed by atoms with van der Waals surface area (Å²) in [5.41, 5.74) is 0.247. The molecular formula is C15H12F3NO2. The van der Waals surface area contributed by atoms with Crippen molar-refractivity contribution in [3.8, 4) is 0 Å². The smallest absolute Gasteiger partial charge is 0.312 e. The van der Waals surface area contributed by atoms with Crippen LogP contribution in [0.4, 0.5) is 18.9 Å². The third-order valence-corrected chi connectivity index (χ3v) is 3.01. The lowest BCUT2D eigenvalue weighted by molar-refractivity contribution is -0.138. The van der Waals surface area contributed by atoms with Crippen LogP contribution < -0.4 is 5.32 Å². The van der Waals surface area contributed by atoms with Crippen molar-refractivity contribution in [3.63, 3.8) is 0 Å². The zero-order valence-electron chi connectivity index (χ0n) is 10.8. The van der Waals surface area contributed by atoms with Gasteiger partial charge in [-0.2, -0.15) is 0 Å². The molecule has 0 amide bonds. The highest BCUT2D eigenvalue weighted by molar-refractivity contribution is 5.77. The Morgan fingerprint density at radius 3 is 2.29 bits per heavy atom. The van der Waals surface area contributed by atoms with Gasteiger partial charge in [0.05, 0.1) is 11.6 Å². The number of aliphatic carboxylic acids is 1. The first-order chi connectivity index (χ1) is 9.99. The van der Waals surface area contributed by atoms with Crippen LogP contribution in [0.2, 0.25) is 0 Å². The molecule has 2 N–H and O–H groups in total. The van der Waals surface area contributed by atoms with E-state index in [-0.39, 0.29) is 12.2 Å². The van der Waals surface area contributed by atoms with E-state index in [1.54, 1.807) is 30.3 Å². The molecule has 0 bridgehead atoms. The molecule has 2 aromatic rings. The van der Waals surface area contributed by atoms with Crippen LogP contribution in [0.5, 0.6) is 0 Å². The Labute approximate surface area is 119 Å². The Morgan fingerprint density at radius 2 is 1.67 bits per heavy atom. The summed E-state index contributed by atoms with van der Waals surface area (Å²) < 4.78 is 39.3. The SMILES string of the molecule is O=C(O)C(CNc1cc(F)c(F)cc1F)c1ccccc1. The number of halogens is 3. The molecule has 0 aliphatic heterocycles. The summed E-state index contributed by atoms with van der Waals surface area (Å²) in [6.45, 7) is -0.151. The molecule has 2 aromatic carbocycles. The van der Waals surface area contributed by atoms with E-state index in [1.165, 1.54) is 0 Å². The van der Waals surface area contributed by atoms with Crippen LogP contribution in [-0.4, -0.2) is 17.6 Å². The highest BCUT2D eigenvalue weighted by atomic mass is 19.2. The molecule has 0 fully saturated rings. The second-order valence-electron chi connectivity index (χ2n) is 4.43. The van der Waals surface area contributed by atoms with Gasteiger partial charge in [-0.3, -0.25) is 4.79 Å². The number of carboxylic acids is 1. The molecule has 0 spiro atoms. The van der Waals surface area contributed by atoms with Crippen molar-refractivity contribution in [2.75, 3.05) is 11.9 Å². The van der Waals surface area contributed by atoms with E-state index in [2.05, 4.69) is 5.32 Å². The van der Waals surface area contributed by atoms with Gasteiger partial charge in [-0.25, -0.2) is 13.2 Å².